The number of thioether (sulfide) groups is 1. The van der Waals surface area contributed by atoms with Gasteiger partial charge >= 0.3 is 0 Å². The monoisotopic (exact) mass is 221 g/mol. The lowest BCUT2D eigenvalue weighted by Gasteiger charge is -2.07. The quantitative estimate of drug-likeness (QED) is 0.727. The van der Waals surface area contributed by atoms with Crippen molar-refractivity contribution >= 4 is 17.5 Å². The van der Waals surface area contributed by atoms with Crippen LogP contribution in [0.4, 0.5) is 0 Å². The lowest BCUT2D eigenvalue weighted by Crippen LogP contribution is -2.10. The van der Waals surface area contributed by atoms with Crippen molar-refractivity contribution in [1.29, 1.82) is 0 Å². The van der Waals surface area contributed by atoms with Gasteiger partial charge in [-0.1, -0.05) is 30.3 Å². The molecule has 0 saturated carbocycles. The van der Waals surface area contributed by atoms with Gasteiger partial charge in [0.05, 0.1) is 5.71 Å². The van der Waals surface area contributed by atoms with Gasteiger partial charge in [-0.25, -0.2) is 0 Å². The molecule has 1 aliphatic rings. The molecule has 0 radical (unpaired) electrons. The maximum atomic E-state index is 5.35. The Morgan fingerprint density at radius 2 is 2.20 bits per heavy atom. The van der Waals surface area contributed by atoms with Crippen molar-refractivity contribution in [3.05, 3.63) is 30.3 Å². The van der Waals surface area contributed by atoms with Gasteiger partial charge in [-0.3, -0.25) is 0 Å². The molecule has 0 spiro atoms. The zero-order valence-corrected chi connectivity index (χ0v) is 9.67. The van der Waals surface area contributed by atoms with Crippen LogP contribution in [0.25, 0.3) is 0 Å². The molecule has 1 aromatic rings. The van der Waals surface area contributed by atoms with E-state index in [9.17, 15) is 0 Å². The minimum Gasteiger partial charge on any atom is -0.391 e. The van der Waals surface area contributed by atoms with Crippen LogP contribution in [0.2, 0.25) is 0 Å². The van der Waals surface area contributed by atoms with Crippen molar-refractivity contribution in [2.24, 2.45) is 5.16 Å². The Kier molecular flexibility index (Phi) is 3.67. The van der Waals surface area contributed by atoms with E-state index in [2.05, 4.69) is 36.3 Å². The molecule has 0 bridgehead atoms. The first-order valence-electron chi connectivity index (χ1n) is 5.28. The van der Waals surface area contributed by atoms with Crippen molar-refractivity contribution in [2.45, 2.75) is 30.8 Å². The van der Waals surface area contributed by atoms with Crippen LogP contribution < -0.4 is 0 Å². The molecule has 0 fully saturated rings. The van der Waals surface area contributed by atoms with E-state index in [1.807, 2.05) is 17.8 Å². The Labute approximate surface area is 94.7 Å². The van der Waals surface area contributed by atoms with Gasteiger partial charge in [-0.05, 0) is 18.6 Å². The third-order valence-corrected chi connectivity index (χ3v) is 3.53. The zero-order chi connectivity index (χ0) is 10.5. The largest absolute Gasteiger partial charge is 0.391 e. The Balaban J connectivity index is 1.77. The molecule has 1 atom stereocenters. The summed E-state index contributed by atoms with van der Waals surface area (Å²) in [6.45, 7) is 2.12. The van der Waals surface area contributed by atoms with E-state index in [-0.39, 0.29) is 6.10 Å². The molecular weight excluding hydrogens is 206 g/mol. The second kappa shape index (κ2) is 5.21. The third-order valence-electron chi connectivity index (χ3n) is 2.38. The highest BCUT2D eigenvalue weighted by molar-refractivity contribution is 7.99. The zero-order valence-electron chi connectivity index (χ0n) is 8.85. The summed E-state index contributed by atoms with van der Waals surface area (Å²) in [5, 5.41) is 4.05. The average Bonchev–Trinajstić information content (AvgIpc) is 2.76. The van der Waals surface area contributed by atoms with E-state index in [1.54, 1.807) is 0 Å². The Morgan fingerprint density at radius 1 is 1.40 bits per heavy atom. The molecule has 0 saturated heterocycles. The lowest BCUT2D eigenvalue weighted by molar-refractivity contribution is 0.103. The van der Waals surface area contributed by atoms with Crippen LogP contribution in [0, 0.1) is 0 Å². The predicted octanol–water partition coefficient (Wildman–Crippen LogP) is 3.33. The normalized spacial score (nSPS) is 19.8. The van der Waals surface area contributed by atoms with Gasteiger partial charge in [0, 0.05) is 17.1 Å². The fraction of sp³-hybridized carbons (Fsp3) is 0.417. The highest BCUT2D eigenvalue weighted by Gasteiger charge is 2.19. The summed E-state index contributed by atoms with van der Waals surface area (Å²) in [7, 11) is 0. The second-order valence-corrected chi connectivity index (χ2v) is 4.66. The predicted molar refractivity (Wildman–Crippen MR) is 64.4 cm³/mol. The first kappa shape index (κ1) is 10.6. The molecular formula is C12H15NOS. The first-order chi connectivity index (χ1) is 7.38. The maximum absolute atomic E-state index is 5.35. The molecule has 1 aliphatic heterocycles. The molecule has 3 heteroatoms. The molecule has 0 aromatic heterocycles. The summed E-state index contributed by atoms with van der Waals surface area (Å²) in [6.07, 6.45) is 2.27. The first-order valence-corrected chi connectivity index (χ1v) is 6.26. The molecule has 0 amide bonds. The van der Waals surface area contributed by atoms with E-state index in [4.69, 9.17) is 4.84 Å². The molecule has 1 aromatic carbocycles. The maximum Gasteiger partial charge on any atom is 0.142 e. The lowest BCUT2D eigenvalue weighted by atomic mass is 10.2. The Morgan fingerprint density at radius 3 is 2.87 bits per heavy atom. The molecule has 80 valence electrons. The fourth-order valence-electron chi connectivity index (χ4n) is 1.49. The molecule has 2 rings (SSSR count). The van der Waals surface area contributed by atoms with Crippen LogP contribution in [0.1, 0.15) is 19.8 Å². The standard InChI is InChI=1S/C12H15NOS/c1-2-10-8-11(14-13-10)9-15-12-6-4-3-5-7-12/h3-7,11H,2,8-9H2,1H3. The number of benzene rings is 1. The van der Waals surface area contributed by atoms with Gasteiger partial charge in [-0.15, -0.1) is 11.8 Å². The van der Waals surface area contributed by atoms with Crippen molar-refractivity contribution < 1.29 is 4.84 Å². The van der Waals surface area contributed by atoms with E-state index in [1.165, 1.54) is 10.6 Å². The number of nitrogens with zero attached hydrogens (tertiary/aromatic N) is 1. The topological polar surface area (TPSA) is 21.6 Å². The average molecular weight is 221 g/mol. The van der Waals surface area contributed by atoms with Gasteiger partial charge < -0.3 is 4.84 Å². The SMILES string of the molecule is CCC1=NOC(CSc2ccccc2)C1. The molecule has 0 N–H and O–H groups in total. The van der Waals surface area contributed by atoms with Crippen LogP contribution in [0.15, 0.2) is 40.4 Å². The van der Waals surface area contributed by atoms with Gasteiger partial charge in [0.2, 0.25) is 0 Å². The van der Waals surface area contributed by atoms with Crippen LogP contribution in [0.3, 0.4) is 0 Å². The van der Waals surface area contributed by atoms with Gasteiger partial charge in [-0.2, -0.15) is 0 Å². The van der Waals surface area contributed by atoms with Crippen LogP contribution in [-0.4, -0.2) is 17.6 Å². The smallest absolute Gasteiger partial charge is 0.142 e. The number of hydrogen-bond donors (Lipinski definition) is 0. The van der Waals surface area contributed by atoms with Crippen LogP contribution >= 0.6 is 11.8 Å². The Hall–Kier alpha value is -0.960. The van der Waals surface area contributed by atoms with Crippen LogP contribution in [0.5, 0.6) is 0 Å². The summed E-state index contributed by atoms with van der Waals surface area (Å²) in [4.78, 5) is 6.64. The van der Waals surface area contributed by atoms with E-state index < -0.39 is 0 Å². The number of oxime groups is 1. The summed E-state index contributed by atoms with van der Waals surface area (Å²) in [6, 6.07) is 10.4. The van der Waals surface area contributed by atoms with Gasteiger partial charge in [0.25, 0.3) is 0 Å². The van der Waals surface area contributed by atoms with E-state index in [0.29, 0.717) is 0 Å². The molecule has 15 heavy (non-hydrogen) atoms. The summed E-state index contributed by atoms with van der Waals surface area (Å²) < 4.78 is 0. The van der Waals surface area contributed by atoms with Crippen molar-refractivity contribution in [3.8, 4) is 0 Å². The minimum absolute atomic E-state index is 0.269. The van der Waals surface area contributed by atoms with Crippen molar-refractivity contribution in [1.82, 2.24) is 0 Å². The molecule has 0 aliphatic carbocycles. The van der Waals surface area contributed by atoms with Crippen molar-refractivity contribution in [2.75, 3.05) is 5.75 Å². The molecule has 2 nitrogen and oxygen atoms in total. The summed E-state index contributed by atoms with van der Waals surface area (Å²) in [5.74, 6) is 0.983. The van der Waals surface area contributed by atoms with Gasteiger partial charge in [0.15, 0.2) is 0 Å². The highest BCUT2D eigenvalue weighted by atomic mass is 32.2. The summed E-state index contributed by atoms with van der Waals surface area (Å²) >= 11 is 1.83. The second-order valence-electron chi connectivity index (χ2n) is 3.57. The van der Waals surface area contributed by atoms with Crippen LogP contribution in [-0.2, 0) is 4.84 Å². The van der Waals surface area contributed by atoms with Crippen molar-refractivity contribution in [3.63, 3.8) is 0 Å². The molecule has 1 heterocycles. The number of hydrogen-bond acceptors (Lipinski definition) is 3. The van der Waals surface area contributed by atoms with E-state index >= 15 is 0 Å². The summed E-state index contributed by atoms with van der Waals surface area (Å²) in [5.41, 5.74) is 1.19. The minimum atomic E-state index is 0.269. The number of rotatable bonds is 4. The van der Waals surface area contributed by atoms with Gasteiger partial charge in [0.1, 0.15) is 6.10 Å². The molecule has 1 unspecified atom stereocenters. The Bertz CT molecular complexity index is 337. The highest BCUT2D eigenvalue weighted by Crippen LogP contribution is 2.23. The van der Waals surface area contributed by atoms with E-state index in [0.717, 1.165) is 18.6 Å². The third kappa shape index (κ3) is 2.99. The fourth-order valence-corrected chi connectivity index (χ4v) is 2.40.